The lowest BCUT2D eigenvalue weighted by Crippen LogP contribution is -2.62. The first-order chi connectivity index (χ1) is 5.75. The zero-order valence-electron chi connectivity index (χ0n) is 8.14. The Kier molecular flexibility index (Phi) is 1.28. The van der Waals surface area contributed by atoms with Crippen LogP contribution in [0.1, 0.15) is 39.5 Å². The van der Waals surface area contributed by atoms with Crippen molar-refractivity contribution < 1.29 is 0 Å². The minimum Gasteiger partial charge on any atom is -0.0619 e. The quantitative estimate of drug-likeness (QED) is 0.513. The predicted octanol–water partition coefficient (Wildman–Crippen LogP) is 3.24. The Bertz CT molecular complexity index is 206. The molecular weight excluding hydrogens is 144 g/mol. The monoisotopic (exact) mass is 162 g/mol. The van der Waals surface area contributed by atoms with Crippen LogP contribution >= 0.6 is 0 Å². The van der Waals surface area contributed by atoms with Gasteiger partial charge in [-0.25, -0.2) is 0 Å². The van der Waals surface area contributed by atoms with Gasteiger partial charge in [0.2, 0.25) is 0 Å². The van der Waals surface area contributed by atoms with Crippen LogP contribution in [0.5, 0.6) is 0 Å². The molecule has 0 saturated heterocycles. The molecule has 0 bridgehead atoms. The summed E-state index contributed by atoms with van der Waals surface area (Å²) < 4.78 is 0. The number of hydrogen-bond acceptors (Lipinski definition) is 0. The smallest absolute Gasteiger partial charge is 0.0145 e. The molecule has 0 aliphatic heterocycles. The maximum absolute atomic E-state index is 2.61. The maximum Gasteiger partial charge on any atom is -0.0145 e. The van der Waals surface area contributed by atoms with Crippen molar-refractivity contribution >= 4 is 0 Å². The van der Waals surface area contributed by atoms with E-state index < -0.39 is 0 Å². The Morgan fingerprint density at radius 1 is 1.42 bits per heavy atom. The summed E-state index contributed by atoms with van der Waals surface area (Å²) in [5.74, 6) is 4.90. The summed E-state index contributed by atoms with van der Waals surface area (Å²) in [4.78, 5) is 0. The van der Waals surface area contributed by atoms with Crippen LogP contribution in [0.25, 0.3) is 0 Å². The van der Waals surface area contributed by atoms with E-state index in [4.69, 9.17) is 0 Å². The highest BCUT2D eigenvalue weighted by atomic mass is 14.7. The first-order valence-electron chi connectivity index (χ1n) is 5.44. The van der Waals surface area contributed by atoms with Crippen LogP contribution in [0.4, 0.5) is 0 Å². The summed E-state index contributed by atoms with van der Waals surface area (Å²) >= 11 is 0. The Morgan fingerprint density at radius 3 is 2.83 bits per heavy atom. The molecule has 0 heteroatoms. The predicted molar refractivity (Wildman–Crippen MR) is 50.3 cm³/mol. The molecule has 12 heavy (non-hydrogen) atoms. The number of hydrogen-bond donors (Lipinski definition) is 0. The van der Waals surface area contributed by atoms with Crippen molar-refractivity contribution in [3.63, 3.8) is 0 Å². The van der Waals surface area contributed by atoms with Gasteiger partial charge in [-0.3, -0.25) is 0 Å². The Hall–Kier alpha value is 0. The SMILES string of the molecule is CC1CC23[C]1CC[CH]C2CC3C. The van der Waals surface area contributed by atoms with Crippen LogP contribution in [0.2, 0.25) is 0 Å². The van der Waals surface area contributed by atoms with Crippen molar-refractivity contribution in [1.82, 2.24) is 0 Å². The fraction of sp³-hybridized carbons (Fsp3) is 0.833. The van der Waals surface area contributed by atoms with Crippen molar-refractivity contribution in [1.29, 1.82) is 0 Å². The highest BCUT2D eigenvalue weighted by molar-refractivity contribution is 5.31. The average molecular weight is 162 g/mol. The first kappa shape index (κ1) is 7.41. The zero-order valence-corrected chi connectivity index (χ0v) is 8.14. The lowest BCUT2D eigenvalue weighted by atomic mass is 9.34. The van der Waals surface area contributed by atoms with Gasteiger partial charge in [0.05, 0.1) is 0 Å². The molecule has 3 aliphatic carbocycles. The molecule has 0 nitrogen and oxygen atoms in total. The van der Waals surface area contributed by atoms with Crippen molar-refractivity contribution in [2.24, 2.45) is 23.2 Å². The molecule has 0 amide bonds. The summed E-state index contributed by atoms with van der Waals surface area (Å²) in [6, 6.07) is 0. The van der Waals surface area contributed by atoms with Gasteiger partial charge in [0.25, 0.3) is 0 Å². The van der Waals surface area contributed by atoms with Gasteiger partial charge in [-0.05, 0) is 61.2 Å². The second-order valence-corrected chi connectivity index (χ2v) is 5.19. The largest absolute Gasteiger partial charge is 0.0619 e. The molecule has 4 unspecified atom stereocenters. The molecule has 0 N–H and O–H groups in total. The Morgan fingerprint density at radius 2 is 2.25 bits per heavy atom. The standard InChI is InChI=1S/C12H18/c1-8-7-12-9(2)6-10(12)4-3-5-11(8)12/h4,8-10H,3,5-7H2,1-2H3. The zero-order chi connectivity index (χ0) is 8.34. The summed E-state index contributed by atoms with van der Waals surface area (Å²) in [5, 5.41) is 0. The van der Waals surface area contributed by atoms with Crippen LogP contribution in [0.3, 0.4) is 0 Å². The van der Waals surface area contributed by atoms with Gasteiger partial charge in [0.1, 0.15) is 0 Å². The van der Waals surface area contributed by atoms with Crippen molar-refractivity contribution in [2.45, 2.75) is 39.5 Å². The van der Waals surface area contributed by atoms with E-state index in [1.54, 1.807) is 0 Å². The van der Waals surface area contributed by atoms with Crippen molar-refractivity contribution in [2.75, 3.05) is 0 Å². The molecule has 3 saturated carbocycles. The fourth-order valence-corrected chi connectivity index (χ4v) is 4.23. The first-order valence-corrected chi connectivity index (χ1v) is 5.44. The van der Waals surface area contributed by atoms with Gasteiger partial charge in [-0.2, -0.15) is 0 Å². The van der Waals surface area contributed by atoms with Gasteiger partial charge in [0, 0.05) is 0 Å². The van der Waals surface area contributed by atoms with Crippen LogP contribution in [-0.2, 0) is 0 Å². The Labute approximate surface area is 75.7 Å². The van der Waals surface area contributed by atoms with E-state index in [9.17, 15) is 0 Å². The van der Waals surface area contributed by atoms with E-state index in [-0.39, 0.29) is 0 Å². The summed E-state index contributed by atoms with van der Waals surface area (Å²) in [6.45, 7) is 4.88. The molecule has 1 spiro atoms. The molecule has 3 aliphatic rings. The maximum atomic E-state index is 2.61. The average Bonchev–Trinajstić information content (AvgIpc) is 2.04. The molecule has 3 rings (SSSR count). The topological polar surface area (TPSA) is 0 Å². The minimum atomic E-state index is 0.748. The van der Waals surface area contributed by atoms with Crippen LogP contribution in [-0.4, -0.2) is 0 Å². The van der Waals surface area contributed by atoms with E-state index in [1.165, 1.54) is 25.7 Å². The number of rotatable bonds is 0. The van der Waals surface area contributed by atoms with E-state index in [0.29, 0.717) is 0 Å². The summed E-state index contributed by atoms with van der Waals surface area (Å²) in [7, 11) is 0. The highest BCUT2D eigenvalue weighted by Gasteiger charge is 2.65. The van der Waals surface area contributed by atoms with E-state index in [1.807, 2.05) is 5.92 Å². The fourth-order valence-electron chi connectivity index (χ4n) is 4.23. The third kappa shape index (κ3) is 0.592. The van der Waals surface area contributed by atoms with Crippen LogP contribution in [0, 0.1) is 35.5 Å². The van der Waals surface area contributed by atoms with E-state index >= 15 is 0 Å². The normalized spacial score (nSPS) is 58.0. The van der Waals surface area contributed by atoms with E-state index in [0.717, 1.165) is 23.2 Å². The van der Waals surface area contributed by atoms with Crippen LogP contribution < -0.4 is 0 Å². The molecule has 0 heterocycles. The van der Waals surface area contributed by atoms with Gasteiger partial charge in [-0.15, -0.1) is 0 Å². The molecule has 66 valence electrons. The van der Waals surface area contributed by atoms with Gasteiger partial charge in [0.15, 0.2) is 0 Å². The third-order valence-corrected chi connectivity index (χ3v) is 4.85. The molecule has 0 aromatic heterocycles. The summed E-state index contributed by atoms with van der Waals surface area (Å²) in [6.07, 6.45) is 8.39. The van der Waals surface area contributed by atoms with Crippen LogP contribution in [0.15, 0.2) is 0 Å². The molecule has 0 aromatic carbocycles. The molecule has 4 atom stereocenters. The van der Waals surface area contributed by atoms with Gasteiger partial charge >= 0.3 is 0 Å². The second kappa shape index (κ2) is 2.08. The highest BCUT2D eigenvalue weighted by Crippen LogP contribution is 2.73. The minimum absolute atomic E-state index is 0.748. The third-order valence-electron chi connectivity index (χ3n) is 4.85. The Balaban J connectivity index is 1.88. The van der Waals surface area contributed by atoms with E-state index in [2.05, 4.69) is 20.3 Å². The second-order valence-electron chi connectivity index (χ2n) is 5.19. The van der Waals surface area contributed by atoms with Gasteiger partial charge in [-0.1, -0.05) is 13.8 Å². The van der Waals surface area contributed by atoms with Crippen molar-refractivity contribution in [3.8, 4) is 0 Å². The lowest BCUT2D eigenvalue weighted by Gasteiger charge is -2.70. The lowest BCUT2D eigenvalue weighted by molar-refractivity contribution is -0.112. The molecule has 2 radical (unpaired) electrons. The molecule has 0 aromatic rings. The summed E-state index contributed by atoms with van der Waals surface area (Å²) in [5.41, 5.74) is 0.748. The molecular formula is C12H18. The van der Waals surface area contributed by atoms with Gasteiger partial charge < -0.3 is 0 Å². The van der Waals surface area contributed by atoms with Crippen molar-refractivity contribution in [3.05, 3.63) is 12.3 Å². The molecule has 3 fully saturated rings.